The summed E-state index contributed by atoms with van der Waals surface area (Å²) >= 11 is 0. The molecule has 0 aliphatic carbocycles. The first-order valence-corrected chi connectivity index (χ1v) is 3.34. The molecule has 72 valence electrons. The van der Waals surface area contributed by atoms with Crippen LogP contribution in [0.15, 0.2) is 0 Å². The topological polar surface area (TPSA) is 107 Å². The Bertz CT molecular complexity index is 136. The van der Waals surface area contributed by atoms with Gasteiger partial charge in [-0.3, -0.25) is 0 Å². The number of hydrogen-bond acceptors (Lipinski definition) is 5. The van der Waals surface area contributed by atoms with Crippen molar-refractivity contribution in [3.8, 4) is 0 Å². The van der Waals surface area contributed by atoms with E-state index in [9.17, 15) is 4.79 Å². The largest absolute Gasteiger partial charge is 0.480 e. The molecule has 4 N–H and O–H groups in total. The van der Waals surface area contributed by atoms with Gasteiger partial charge in [0.05, 0.1) is 13.2 Å². The minimum atomic E-state index is -1.29. The van der Waals surface area contributed by atoms with Crippen molar-refractivity contribution in [3.63, 3.8) is 0 Å². The highest BCUT2D eigenvalue weighted by atomic mass is 16.5. The fraction of sp³-hybridized carbons (Fsp3) is 0.833. The zero-order valence-corrected chi connectivity index (χ0v) is 6.38. The third-order valence-electron chi connectivity index (χ3n) is 1.15. The standard InChI is InChI=1S/C6H12O6/c7-1-4(8)5(9)2-12-3-6(10)11/h4-5,7-9H,1-3H2,(H,10,11)/t4-,5+/m1/s1. The molecule has 6 heteroatoms. The van der Waals surface area contributed by atoms with E-state index in [0.29, 0.717) is 0 Å². The van der Waals surface area contributed by atoms with E-state index in [1.165, 1.54) is 0 Å². The highest BCUT2D eigenvalue weighted by Crippen LogP contribution is 1.92. The summed E-state index contributed by atoms with van der Waals surface area (Å²) in [5.41, 5.74) is 0. The summed E-state index contributed by atoms with van der Waals surface area (Å²) in [6.45, 7) is -1.43. The summed E-state index contributed by atoms with van der Waals surface area (Å²) in [4.78, 5) is 9.90. The van der Waals surface area contributed by atoms with Gasteiger partial charge in [-0.25, -0.2) is 4.79 Å². The predicted molar refractivity (Wildman–Crippen MR) is 37.6 cm³/mol. The van der Waals surface area contributed by atoms with Crippen molar-refractivity contribution < 1.29 is 30.0 Å². The summed E-state index contributed by atoms with van der Waals surface area (Å²) in [7, 11) is 0. The van der Waals surface area contributed by atoms with Crippen molar-refractivity contribution in [2.24, 2.45) is 0 Å². The van der Waals surface area contributed by atoms with E-state index in [4.69, 9.17) is 20.4 Å². The normalized spacial score (nSPS) is 15.6. The molecule has 6 nitrogen and oxygen atoms in total. The predicted octanol–water partition coefficient (Wildman–Crippen LogP) is -2.20. The lowest BCUT2D eigenvalue weighted by atomic mass is 10.2. The molecular formula is C6H12O6. The molecule has 0 aromatic carbocycles. The summed E-state index contributed by atoms with van der Waals surface area (Å²) in [6, 6.07) is 0. The SMILES string of the molecule is O=C(O)COC[C@H](O)[C@H](O)CO. The summed E-state index contributed by atoms with van der Waals surface area (Å²) in [5.74, 6) is -1.15. The average Bonchev–Trinajstić information content (AvgIpc) is 2.02. The van der Waals surface area contributed by atoms with Gasteiger partial charge in [-0.15, -0.1) is 0 Å². The maximum absolute atomic E-state index is 9.90. The molecule has 0 aliphatic heterocycles. The number of carboxylic acids is 1. The molecule has 0 fully saturated rings. The van der Waals surface area contributed by atoms with Crippen LogP contribution in [0.1, 0.15) is 0 Å². The second-order valence-corrected chi connectivity index (χ2v) is 2.23. The summed E-state index contributed by atoms with van der Waals surface area (Å²) < 4.78 is 4.46. The maximum atomic E-state index is 9.90. The van der Waals surface area contributed by atoms with Crippen LogP contribution in [0, 0.1) is 0 Å². The molecule has 0 bridgehead atoms. The van der Waals surface area contributed by atoms with Crippen molar-refractivity contribution >= 4 is 5.97 Å². The van der Waals surface area contributed by atoms with Crippen LogP contribution < -0.4 is 0 Å². The molecule has 0 spiro atoms. The lowest BCUT2D eigenvalue weighted by Gasteiger charge is -2.14. The van der Waals surface area contributed by atoms with Crippen molar-refractivity contribution in [1.29, 1.82) is 0 Å². The zero-order chi connectivity index (χ0) is 9.56. The lowest BCUT2D eigenvalue weighted by molar-refractivity contribution is -0.144. The Labute approximate surface area is 69.0 Å². The van der Waals surface area contributed by atoms with E-state index in [1.807, 2.05) is 0 Å². The molecule has 0 saturated carbocycles. The third kappa shape index (κ3) is 5.03. The first-order valence-electron chi connectivity index (χ1n) is 3.34. The van der Waals surface area contributed by atoms with Crippen molar-refractivity contribution in [3.05, 3.63) is 0 Å². The number of aliphatic hydroxyl groups excluding tert-OH is 3. The van der Waals surface area contributed by atoms with Gasteiger partial charge >= 0.3 is 5.97 Å². The number of carboxylic acid groups (broad SMARTS) is 1. The van der Waals surface area contributed by atoms with E-state index >= 15 is 0 Å². The molecule has 12 heavy (non-hydrogen) atoms. The van der Waals surface area contributed by atoms with Gasteiger partial charge < -0.3 is 25.2 Å². The smallest absolute Gasteiger partial charge is 0.329 e. The van der Waals surface area contributed by atoms with Crippen LogP contribution in [0.25, 0.3) is 0 Å². The first kappa shape index (κ1) is 11.3. The van der Waals surface area contributed by atoms with Crippen molar-refractivity contribution in [2.45, 2.75) is 12.2 Å². The molecule has 0 heterocycles. The van der Waals surface area contributed by atoms with Gasteiger partial charge in [0.15, 0.2) is 0 Å². The van der Waals surface area contributed by atoms with Crippen molar-refractivity contribution in [1.82, 2.24) is 0 Å². The minimum Gasteiger partial charge on any atom is -0.480 e. The lowest BCUT2D eigenvalue weighted by Crippen LogP contribution is -2.33. The Kier molecular flexibility index (Phi) is 5.56. The molecule has 0 unspecified atom stereocenters. The maximum Gasteiger partial charge on any atom is 0.329 e. The van der Waals surface area contributed by atoms with Crippen LogP contribution in [0.5, 0.6) is 0 Å². The number of carbonyl (C=O) groups is 1. The Hall–Kier alpha value is -0.690. The van der Waals surface area contributed by atoms with E-state index in [-0.39, 0.29) is 6.61 Å². The van der Waals surface area contributed by atoms with Gasteiger partial charge in [-0.2, -0.15) is 0 Å². The minimum absolute atomic E-state index is 0.311. The molecule has 0 rings (SSSR count). The number of aliphatic carboxylic acids is 1. The Morgan fingerprint density at radius 2 is 1.92 bits per heavy atom. The highest BCUT2D eigenvalue weighted by molar-refractivity contribution is 5.67. The molecule has 0 aliphatic rings. The van der Waals surface area contributed by atoms with Crippen LogP contribution in [-0.2, 0) is 9.53 Å². The second kappa shape index (κ2) is 5.90. The number of rotatable bonds is 6. The number of aliphatic hydroxyl groups is 3. The second-order valence-electron chi connectivity index (χ2n) is 2.23. The highest BCUT2D eigenvalue weighted by Gasteiger charge is 2.15. The van der Waals surface area contributed by atoms with Gasteiger partial charge in [0, 0.05) is 0 Å². The zero-order valence-electron chi connectivity index (χ0n) is 6.38. The van der Waals surface area contributed by atoms with Gasteiger partial charge in [0.2, 0.25) is 0 Å². The Balaban J connectivity index is 3.43. The van der Waals surface area contributed by atoms with Gasteiger partial charge in [0.25, 0.3) is 0 Å². The van der Waals surface area contributed by atoms with E-state index in [1.54, 1.807) is 0 Å². The van der Waals surface area contributed by atoms with Gasteiger partial charge in [0.1, 0.15) is 18.8 Å². The van der Waals surface area contributed by atoms with Gasteiger partial charge in [-0.05, 0) is 0 Å². The summed E-state index contributed by atoms with van der Waals surface area (Å²) in [5, 5.41) is 34.1. The van der Waals surface area contributed by atoms with Crippen molar-refractivity contribution in [2.75, 3.05) is 19.8 Å². The molecule has 0 aromatic heterocycles. The molecule has 0 amide bonds. The van der Waals surface area contributed by atoms with Crippen LogP contribution >= 0.6 is 0 Å². The van der Waals surface area contributed by atoms with E-state index < -0.39 is 31.4 Å². The fourth-order valence-electron chi connectivity index (χ4n) is 0.500. The molecular weight excluding hydrogens is 168 g/mol. The Morgan fingerprint density at radius 3 is 2.33 bits per heavy atom. The molecule has 0 aromatic rings. The molecule has 0 saturated heterocycles. The van der Waals surface area contributed by atoms with Crippen LogP contribution in [0.4, 0.5) is 0 Å². The molecule has 0 radical (unpaired) electrons. The number of hydrogen-bond donors (Lipinski definition) is 4. The van der Waals surface area contributed by atoms with E-state index in [0.717, 1.165) is 0 Å². The van der Waals surface area contributed by atoms with Crippen LogP contribution in [-0.4, -0.2) is 58.4 Å². The van der Waals surface area contributed by atoms with Crippen LogP contribution in [0.3, 0.4) is 0 Å². The fourth-order valence-corrected chi connectivity index (χ4v) is 0.500. The monoisotopic (exact) mass is 180 g/mol. The molecule has 2 atom stereocenters. The third-order valence-corrected chi connectivity index (χ3v) is 1.15. The van der Waals surface area contributed by atoms with Crippen LogP contribution in [0.2, 0.25) is 0 Å². The van der Waals surface area contributed by atoms with E-state index in [2.05, 4.69) is 4.74 Å². The first-order chi connectivity index (χ1) is 5.57. The average molecular weight is 180 g/mol. The summed E-state index contributed by atoms with van der Waals surface area (Å²) in [6.07, 6.45) is -2.55. The quantitative estimate of drug-likeness (QED) is 0.369. The Morgan fingerprint density at radius 1 is 1.33 bits per heavy atom. The van der Waals surface area contributed by atoms with Gasteiger partial charge in [-0.1, -0.05) is 0 Å². The number of ether oxygens (including phenoxy) is 1.